The van der Waals surface area contributed by atoms with Crippen molar-refractivity contribution in [2.24, 2.45) is 0 Å². The number of alkyl halides is 1. The molecule has 0 atom stereocenters. The van der Waals surface area contributed by atoms with Crippen LogP contribution in [0, 0.1) is 0 Å². The van der Waals surface area contributed by atoms with Crippen LogP contribution < -0.4 is 0 Å². The predicted molar refractivity (Wildman–Crippen MR) is 100 cm³/mol. The Morgan fingerprint density at radius 2 is 1.36 bits per heavy atom. The van der Waals surface area contributed by atoms with Crippen molar-refractivity contribution >= 4 is 23.5 Å². The first-order valence-corrected chi connectivity index (χ1v) is 9.72. The fourth-order valence-electron chi connectivity index (χ4n) is 2.35. The maximum absolute atomic E-state index is 12.0. The molecule has 0 spiro atoms. The topological polar surface area (TPSA) is 52.6 Å². The number of ether oxygens (including phenoxy) is 2. The van der Waals surface area contributed by atoms with Gasteiger partial charge >= 0.3 is 11.9 Å². The van der Waals surface area contributed by atoms with Gasteiger partial charge in [-0.15, -0.1) is 11.6 Å². The Kier molecular flexibility index (Phi) is 11.8. The van der Waals surface area contributed by atoms with Gasteiger partial charge in [0.15, 0.2) is 0 Å². The molecule has 0 aliphatic heterocycles. The summed E-state index contributed by atoms with van der Waals surface area (Å²) in [7, 11) is 0. The molecule has 1 rings (SSSR count). The molecular formula is C20H29ClO4. The van der Waals surface area contributed by atoms with E-state index in [4.69, 9.17) is 21.1 Å². The summed E-state index contributed by atoms with van der Waals surface area (Å²) < 4.78 is 10.5. The summed E-state index contributed by atoms with van der Waals surface area (Å²) in [4.78, 5) is 24.1. The summed E-state index contributed by atoms with van der Waals surface area (Å²) in [6.07, 6.45) is 8.05. The number of hydrogen-bond donors (Lipinski definition) is 0. The van der Waals surface area contributed by atoms with Crippen LogP contribution >= 0.6 is 11.6 Å². The first-order valence-electron chi connectivity index (χ1n) is 9.19. The van der Waals surface area contributed by atoms with Gasteiger partial charge in [0.25, 0.3) is 0 Å². The van der Waals surface area contributed by atoms with E-state index in [-0.39, 0.29) is 0 Å². The zero-order chi connectivity index (χ0) is 18.3. The molecule has 140 valence electrons. The van der Waals surface area contributed by atoms with Gasteiger partial charge in [0.1, 0.15) is 0 Å². The average molecular weight is 369 g/mol. The highest BCUT2D eigenvalue weighted by Crippen LogP contribution is 2.10. The molecule has 0 saturated carbocycles. The second-order valence-electron chi connectivity index (χ2n) is 6.02. The SMILES string of the molecule is CCCCCCOC(=O)c1cccc(C(=O)OCCCCCCCl)c1. The minimum atomic E-state index is -0.407. The van der Waals surface area contributed by atoms with Crippen molar-refractivity contribution in [1.29, 1.82) is 0 Å². The molecule has 0 amide bonds. The van der Waals surface area contributed by atoms with Crippen molar-refractivity contribution in [3.63, 3.8) is 0 Å². The normalized spacial score (nSPS) is 10.5. The van der Waals surface area contributed by atoms with E-state index in [1.807, 2.05) is 0 Å². The predicted octanol–water partition coefficient (Wildman–Crippen LogP) is 5.38. The molecule has 0 aliphatic carbocycles. The molecule has 4 nitrogen and oxygen atoms in total. The third kappa shape index (κ3) is 9.49. The van der Waals surface area contributed by atoms with Crippen LogP contribution in [-0.2, 0) is 9.47 Å². The molecule has 0 fully saturated rings. The smallest absolute Gasteiger partial charge is 0.338 e. The number of carbonyl (C=O) groups excluding carboxylic acids is 2. The van der Waals surface area contributed by atoms with E-state index in [1.54, 1.807) is 18.2 Å². The van der Waals surface area contributed by atoms with Crippen LogP contribution in [0.15, 0.2) is 24.3 Å². The fraction of sp³-hybridized carbons (Fsp3) is 0.600. The van der Waals surface area contributed by atoms with Crippen LogP contribution in [-0.4, -0.2) is 31.0 Å². The first kappa shape index (κ1) is 21.5. The number of benzene rings is 1. The molecule has 0 saturated heterocycles. The Labute approximate surface area is 155 Å². The van der Waals surface area contributed by atoms with Gasteiger partial charge in [-0.3, -0.25) is 0 Å². The maximum Gasteiger partial charge on any atom is 0.338 e. The first-order chi connectivity index (χ1) is 12.2. The van der Waals surface area contributed by atoms with Crippen LogP contribution in [0.3, 0.4) is 0 Å². The number of hydrogen-bond acceptors (Lipinski definition) is 4. The monoisotopic (exact) mass is 368 g/mol. The van der Waals surface area contributed by atoms with Crippen LogP contribution in [0.5, 0.6) is 0 Å². The second kappa shape index (κ2) is 13.7. The van der Waals surface area contributed by atoms with E-state index in [0.29, 0.717) is 30.2 Å². The lowest BCUT2D eigenvalue weighted by atomic mass is 10.1. The molecule has 0 N–H and O–H groups in total. The van der Waals surface area contributed by atoms with Crippen LogP contribution in [0.1, 0.15) is 79.0 Å². The molecular weight excluding hydrogens is 340 g/mol. The number of halogens is 1. The summed E-state index contributed by atoms with van der Waals surface area (Å²) >= 11 is 5.62. The Balaban J connectivity index is 2.37. The lowest BCUT2D eigenvalue weighted by Crippen LogP contribution is -2.10. The van der Waals surface area contributed by atoms with Crippen molar-refractivity contribution in [3.05, 3.63) is 35.4 Å². The van der Waals surface area contributed by atoms with E-state index in [1.165, 1.54) is 6.07 Å². The summed E-state index contributed by atoms with van der Waals surface area (Å²) in [5, 5.41) is 0. The minimum absolute atomic E-state index is 0.376. The zero-order valence-corrected chi connectivity index (χ0v) is 15.9. The quantitative estimate of drug-likeness (QED) is 0.266. The van der Waals surface area contributed by atoms with Gasteiger partial charge < -0.3 is 9.47 Å². The highest BCUT2D eigenvalue weighted by Gasteiger charge is 2.12. The second-order valence-corrected chi connectivity index (χ2v) is 6.39. The largest absolute Gasteiger partial charge is 0.462 e. The van der Waals surface area contributed by atoms with E-state index in [9.17, 15) is 9.59 Å². The third-order valence-electron chi connectivity index (χ3n) is 3.83. The van der Waals surface area contributed by atoms with Gasteiger partial charge in [0.05, 0.1) is 24.3 Å². The maximum atomic E-state index is 12.0. The van der Waals surface area contributed by atoms with Gasteiger partial charge in [-0.25, -0.2) is 9.59 Å². The van der Waals surface area contributed by atoms with Crippen LogP contribution in [0.2, 0.25) is 0 Å². The van der Waals surface area contributed by atoms with Gasteiger partial charge in [0.2, 0.25) is 0 Å². The summed E-state index contributed by atoms with van der Waals surface area (Å²) in [5.74, 6) is -0.136. The zero-order valence-electron chi connectivity index (χ0n) is 15.1. The van der Waals surface area contributed by atoms with Crippen molar-refractivity contribution < 1.29 is 19.1 Å². The number of unbranched alkanes of at least 4 members (excludes halogenated alkanes) is 6. The third-order valence-corrected chi connectivity index (χ3v) is 4.09. The molecule has 1 aromatic carbocycles. The Bertz CT molecular complexity index is 516. The van der Waals surface area contributed by atoms with Crippen molar-refractivity contribution in [2.75, 3.05) is 19.1 Å². The number of rotatable bonds is 13. The van der Waals surface area contributed by atoms with Gasteiger partial charge in [-0.1, -0.05) is 45.1 Å². The van der Waals surface area contributed by atoms with E-state index >= 15 is 0 Å². The molecule has 1 aromatic rings. The Hall–Kier alpha value is -1.55. The van der Waals surface area contributed by atoms with Gasteiger partial charge in [0, 0.05) is 5.88 Å². The van der Waals surface area contributed by atoms with Gasteiger partial charge in [-0.05, 0) is 37.5 Å². The van der Waals surface area contributed by atoms with Crippen molar-refractivity contribution in [1.82, 2.24) is 0 Å². The van der Waals surface area contributed by atoms with Gasteiger partial charge in [-0.2, -0.15) is 0 Å². The summed E-state index contributed by atoms with van der Waals surface area (Å²) in [6.45, 7) is 2.93. The van der Waals surface area contributed by atoms with Crippen molar-refractivity contribution in [3.8, 4) is 0 Å². The number of carbonyl (C=O) groups is 2. The fourth-order valence-corrected chi connectivity index (χ4v) is 2.54. The highest BCUT2D eigenvalue weighted by atomic mass is 35.5. The number of esters is 2. The summed E-state index contributed by atoms with van der Waals surface area (Å²) in [6, 6.07) is 6.50. The van der Waals surface area contributed by atoms with E-state index < -0.39 is 11.9 Å². The molecule has 5 heteroatoms. The molecule has 0 aliphatic rings. The van der Waals surface area contributed by atoms with Crippen LogP contribution in [0.4, 0.5) is 0 Å². The van der Waals surface area contributed by atoms with E-state index in [2.05, 4.69) is 6.92 Å². The average Bonchev–Trinajstić information content (AvgIpc) is 2.64. The molecule has 0 unspecified atom stereocenters. The Morgan fingerprint density at radius 1 is 0.840 bits per heavy atom. The summed E-state index contributed by atoms with van der Waals surface area (Å²) in [5.41, 5.74) is 0.758. The lowest BCUT2D eigenvalue weighted by Gasteiger charge is -2.07. The standard InChI is InChI=1S/C20H29ClO4/c1-2-3-4-8-14-24-19(22)17-11-10-12-18(16-17)20(23)25-15-9-6-5-7-13-21/h10-12,16H,2-9,13-15H2,1H3. The van der Waals surface area contributed by atoms with Crippen LogP contribution in [0.25, 0.3) is 0 Å². The van der Waals surface area contributed by atoms with E-state index in [0.717, 1.165) is 51.4 Å². The molecule has 0 bridgehead atoms. The molecule has 0 heterocycles. The Morgan fingerprint density at radius 3 is 1.88 bits per heavy atom. The lowest BCUT2D eigenvalue weighted by molar-refractivity contribution is 0.0496. The molecule has 0 aromatic heterocycles. The highest BCUT2D eigenvalue weighted by molar-refractivity contribution is 6.17. The molecule has 25 heavy (non-hydrogen) atoms. The minimum Gasteiger partial charge on any atom is -0.462 e. The van der Waals surface area contributed by atoms with Crippen molar-refractivity contribution in [2.45, 2.75) is 58.3 Å². The molecule has 0 radical (unpaired) electrons.